The van der Waals surface area contributed by atoms with Crippen LogP contribution in [-0.4, -0.2) is 33.6 Å². The van der Waals surface area contributed by atoms with E-state index in [0.717, 1.165) is 19.4 Å². The fourth-order valence-corrected chi connectivity index (χ4v) is 1.91. The summed E-state index contributed by atoms with van der Waals surface area (Å²) in [6.45, 7) is 2.86. The molecule has 2 heterocycles. The van der Waals surface area contributed by atoms with Crippen molar-refractivity contribution in [3.05, 3.63) is 23.0 Å². The molecule has 0 bridgehead atoms. The zero-order chi connectivity index (χ0) is 10.8. The minimum Gasteiger partial charge on any atom is -0.335 e. The summed E-state index contributed by atoms with van der Waals surface area (Å²) in [5.74, 6) is -0.0517. The van der Waals surface area contributed by atoms with Crippen molar-refractivity contribution < 1.29 is 4.79 Å². The molecule has 2 rings (SSSR count). The number of carbonyl (C=O) groups excluding carboxylic acids is 1. The highest BCUT2D eigenvalue weighted by Crippen LogP contribution is 2.18. The van der Waals surface area contributed by atoms with Gasteiger partial charge in [0.15, 0.2) is 10.8 Å². The summed E-state index contributed by atoms with van der Waals surface area (Å²) in [6.07, 6.45) is 2.13. The molecule has 15 heavy (non-hydrogen) atoms. The largest absolute Gasteiger partial charge is 0.335 e. The van der Waals surface area contributed by atoms with Gasteiger partial charge in [0.05, 0.1) is 0 Å². The first-order valence-electron chi connectivity index (χ1n) is 4.98. The number of likely N-dealkylation sites (tertiary alicyclic amines) is 1. The maximum absolute atomic E-state index is 11.9. The highest BCUT2D eigenvalue weighted by Gasteiger charge is 2.26. The van der Waals surface area contributed by atoms with Crippen molar-refractivity contribution in [2.75, 3.05) is 6.54 Å². The van der Waals surface area contributed by atoms with Gasteiger partial charge in [-0.05, 0) is 31.9 Å². The normalized spacial score (nSPS) is 20.7. The lowest BCUT2D eigenvalue weighted by atomic mass is 10.2. The monoisotopic (exact) mass is 225 g/mol. The molecule has 1 aromatic heterocycles. The molecule has 0 saturated carbocycles. The second-order valence-corrected chi connectivity index (χ2v) is 4.12. The standard InChI is InChI=1S/C10H12ClN3O/c1-7-3-2-6-14(7)10(15)8-4-5-9(11)13-12-8/h4-5,7H,2-3,6H2,1H3. The van der Waals surface area contributed by atoms with Crippen molar-refractivity contribution in [2.45, 2.75) is 25.8 Å². The summed E-state index contributed by atoms with van der Waals surface area (Å²) in [5, 5.41) is 7.76. The van der Waals surface area contributed by atoms with Crippen LogP contribution in [0.5, 0.6) is 0 Å². The Kier molecular flexibility index (Phi) is 2.86. The lowest BCUT2D eigenvalue weighted by molar-refractivity contribution is 0.0740. The number of halogens is 1. The van der Waals surface area contributed by atoms with Crippen LogP contribution in [0.15, 0.2) is 12.1 Å². The molecule has 1 atom stereocenters. The number of rotatable bonds is 1. The Morgan fingerprint density at radius 1 is 1.53 bits per heavy atom. The summed E-state index contributed by atoms with van der Waals surface area (Å²) >= 11 is 5.61. The van der Waals surface area contributed by atoms with E-state index in [-0.39, 0.29) is 5.91 Å². The second kappa shape index (κ2) is 4.14. The van der Waals surface area contributed by atoms with Crippen LogP contribution in [0.3, 0.4) is 0 Å². The third-order valence-electron chi connectivity index (χ3n) is 2.66. The zero-order valence-electron chi connectivity index (χ0n) is 8.48. The van der Waals surface area contributed by atoms with Gasteiger partial charge >= 0.3 is 0 Å². The third kappa shape index (κ3) is 2.09. The molecule has 0 aromatic carbocycles. The topological polar surface area (TPSA) is 46.1 Å². The van der Waals surface area contributed by atoms with E-state index in [9.17, 15) is 4.79 Å². The minimum atomic E-state index is -0.0517. The molecular formula is C10H12ClN3O. The van der Waals surface area contributed by atoms with Crippen LogP contribution in [0.25, 0.3) is 0 Å². The molecule has 1 amide bonds. The summed E-state index contributed by atoms with van der Waals surface area (Å²) in [7, 11) is 0. The summed E-state index contributed by atoms with van der Waals surface area (Å²) < 4.78 is 0. The second-order valence-electron chi connectivity index (χ2n) is 3.73. The molecule has 0 radical (unpaired) electrons. The molecule has 1 unspecified atom stereocenters. The molecule has 0 aliphatic carbocycles. The van der Waals surface area contributed by atoms with Crippen LogP contribution in [0.1, 0.15) is 30.3 Å². The van der Waals surface area contributed by atoms with Gasteiger partial charge in [-0.3, -0.25) is 4.79 Å². The third-order valence-corrected chi connectivity index (χ3v) is 2.87. The highest BCUT2D eigenvalue weighted by atomic mass is 35.5. The van der Waals surface area contributed by atoms with E-state index in [1.54, 1.807) is 12.1 Å². The van der Waals surface area contributed by atoms with Crippen molar-refractivity contribution in [3.8, 4) is 0 Å². The molecule has 4 nitrogen and oxygen atoms in total. The fourth-order valence-electron chi connectivity index (χ4n) is 1.81. The Bertz CT molecular complexity index is 365. The first kappa shape index (κ1) is 10.4. The quantitative estimate of drug-likeness (QED) is 0.732. The van der Waals surface area contributed by atoms with Gasteiger partial charge in [0, 0.05) is 12.6 Å². The molecule has 1 saturated heterocycles. The van der Waals surface area contributed by atoms with Crippen LogP contribution in [0.4, 0.5) is 0 Å². The Hall–Kier alpha value is -1.16. The van der Waals surface area contributed by atoms with E-state index < -0.39 is 0 Å². The predicted molar refractivity (Wildman–Crippen MR) is 56.8 cm³/mol. The number of hydrogen-bond donors (Lipinski definition) is 0. The van der Waals surface area contributed by atoms with Gasteiger partial charge in [0.2, 0.25) is 0 Å². The van der Waals surface area contributed by atoms with E-state index in [0.29, 0.717) is 16.9 Å². The van der Waals surface area contributed by atoms with E-state index >= 15 is 0 Å². The van der Waals surface area contributed by atoms with Crippen molar-refractivity contribution in [2.24, 2.45) is 0 Å². The van der Waals surface area contributed by atoms with Gasteiger partial charge in [-0.25, -0.2) is 0 Å². The van der Waals surface area contributed by atoms with Crippen LogP contribution < -0.4 is 0 Å². The Morgan fingerprint density at radius 3 is 2.87 bits per heavy atom. The van der Waals surface area contributed by atoms with E-state index in [4.69, 9.17) is 11.6 Å². The van der Waals surface area contributed by atoms with Crippen LogP contribution in [0, 0.1) is 0 Å². The number of aromatic nitrogens is 2. The average Bonchev–Trinajstić information content (AvgIpc) is 2.65. The van der Waals surface area contributed by atoms with Gasteiger partial charge in [-0.15, -0.1) is 10.2 Å². The van der Waals surface area contributed by atoms with Gasteiger partial charge in [-0.2, -0.15) is 0 Å². The van der Waals surface area contributed by atoms with Crippen molar-refractivity contribution in [1.82, 2.24) is 15.1 Å². The molecule has 1 fully saturated rings. The smallest absolute Gasteiger partial charge is 0.274 e. The molecule has 5 heteroatoms. The van der Waals surface area contributed by atoms with Crippen molar-refractivity contribution >= 4 is 17.5 Å². The van der Waals surface area contributed by atoms with E-state index in [1.807, 2.05) is 11.8 Å². The molecule has 80 valence electrons. The fraction of sp³-hybridized carbons (Fsp3) is 0.500. The lowest BCUT2D eigenvalue weighted by Gasteiger charge is -2.20. The summed E-state index contributed by atoms with van der Waals surface area (Å²) in [6, 6.07) is 3.50. The van der Waals surface area contributed by atoms with Gasteiger partial charge in [0.1, 0.15) is 0 Å². The average molecular weight is 226 g/mol. The molecule has 0 spiro atoms. The molecule has 1 aliphatic rings. The lowest BCUT2D eigenvalue weighted by Crippen LogP contribution is -2.34. The van der Waals surface area contributed by atoms with Crippen molar-refractivity contribution in [1.29, 1.82) is 0 Å². The van der Waals surface area contributed by atoms with Gasteiger partial charge < -0.3 is 4.90 Å². The molecule has 1 aliphatic heterocycles. The van der Waals surface area contributed by atoms with E-state index in [1.165, 1.54) is 0 Å². The summed E-state index contributed by atoms with van der Waals surface area (Å²) in [4.78, 5) is 13.8. The Morgan fingerprint density at radius 2 is 2.33 bits per heavy atom. The Balaban J connectivity index is 2.17. The van der Waals surface area contributed by atoms with Gasteiger partial charge in [-0.1, -0.05) is 11.6 Å². The number of nitrogens with zero attached hydrogens (tertiary/aromatic N) is 3. The zero-order valence-corrected chi connectivity index (χ0v) is 9.24. The number of hydrogen-bond acceptors (Lipinski definition) is 3. The van der Waals surface area contributed by atoms with Crippen LogP contribution in [-0.2, 0) is 0 Å². The van der Waals surface area contributed by atoms with Crippen molar-refractivity contribution in [3.63, 3.8) is 0 Å². The number of amides is 1. The summed E-state index contributed by atoms with van der Waals surface area (Å²) in [5.41, 5.74) is 0.369. The maximum atomic E-state index is 11.9. The minimum absolute atomic E-state index is 0.0517. The van der Waals surface area contributed by atoms with Crippen LogP contribution >= 0.6 is 11.6 Å². The van der Waals surface area contributed by atoms with Gasteiger partial charge in [0.25, 0.3) is 5.91 Å². The number of carbonyl (C=O) groups is 1. The predicted octanol–water partition coefficient (Wildman–Crippen LogP) is 1.75. The SMILES string of the molecule is CC1CCCN1C(=O)c1ccc(Cl)nn1. The molecule has 0 N–H and O–H groups in total. The molecule has 1 aromatic rings. The molecular weight excluding hydrogens is 214 g/mol. The maximum Gasteiger partial charge on any atom is 0.274 e. The first-order valence-corrected chi connectivity index (χ1v) is 5.36. The van der Waals surface area contributed by atoms with Crippen LogP contribution in [0.2, 0.25) is 5.15 Å². The Labute approximate surface area is 93.2 Å². The van der Waals surface area contributed by atoms with E-state index in [2.05, 4.69) is 10.2 Å². The highest BCUT2D eigenvalue weighted by molar-refractivity contribution is 6.29. The first-order chi connectivity index (χ1) is 7.18.